The van der Waals surface area contributed by atoms with Gasteiger partial charge in [0.25, 0.3) is 0 Å². The Bertz CT molecular complexity index is 744. The molecule has 0 saturated carbocycles. The van der Waals surface area contributed by atoms with Crippen LogP contribution in [0, 0.1) is 0 Å². The molecule has 2 aliphatic heterocycles. The van der Waals surface area contributed by atoms with Crippen LogP contribution in [0.1, 0.15) is 0 Å². The molecule has 0 bridgehead atoms. The van der Waals surface area contributed by atoms with Crippen LogP contribution in [0.2, 0.25) is 5.02 Å². The van der Waals surface area contributed by atoms with Gasteiger partial charge in [-0.3, -0.25) is 9.58 Å². The monoisotopic (exact) mass is 363 g/mol. The van der Waals surface area contributed by atoms with Crippen LogP contribution in [0.4, 0.5) is 11.5 Å². The van der Waals surface area contributed by atoms with Crippen LogP contribution in [-0.2, 0) is 7.05 Å². The molecule has 1 aromatic heterocycles. The van der Waals surface area contributed by atoms with E-state index < -0.39 is 6.35 Å². The fourth-order valence-electron chi connectivity index (χ4n) is 3.41. The zero-order valence-corrected chi connectivity index (χ0v) is 14.9. The van der Waals surface area contributed by atoms with Gasteiger partial charge in [0.05, 0.1) is 12.2 Å². The topological polar surface area (TPSA) is 57.0 Å². The summed E-state index contributed by atoms with van der Waals surface area (Å²) >= 11 is 6.04. The minimum absolute atomic E-state index is 0.540. The number of piperazine rings is 1. The number of fused-ring (bicyclic) bond motifs is 1. The minimum Gasteiger partial charge on any atom is -0.490 e. The van der Waals surface area contributed by atoms with E-state index in [4.69, 9.17) is 16.3 Å². The molecule has 1 saturated heterocycles. The van der Waals surface area contributed by atoms with Crippen molar-refractivity contribution in [1.82, 2.24) is 14.7 Å². The van der Waals surface area contributed by atoms with E-state index in [0.29, 0.717) is 18.2 Å². The minimum atomic E-state index is -0.672. The molecule has 134 valence electrons. The predicted molar refractivity (Wildman–Crippen MR) is 97.3 cm³/mol. The first-order chi connectivity index (χ1) is 12.1. The largest absolute Gasteiger partial charge is 0.490 e. The van der Waals surface area contributed by atoms with Crippen molar-refractivity contribution in [2.75, 3.05) is 49.1 Å². The quantitative estimate of drug-likeness (QED) is 0.889. The zero-order valence-electron chi connectivity index (χ0n) is 14.2. The van der Waals surface area contributed by atoms with Gasteiger partial charge in [0.2, 0.25) is 0 Å². The number of anilines is 2. The van der Waals surface area contributed by atoms with E-state index in [0.717, 1.165) is 43.4 Å². The predicted octanol–water partition coefficient (Wildman–Crippen LogP) is 1.37. The highest BCUT2D eigenvalue weighted by molar-refractivity contribution is 6.30. The second-order valence-electron chi connectivity index (χ2n) is 6.37. The van der Waals surface area contributed by atoms with Crippen LogP contribution >= 0.6 is 11.6 Å². The molecule has 25 heavy (non-hydrogen) atoms. The summed E-state index contributed by atoms with van der Waals surface area (Å²) in [5, 5.41) is 16.0. The SMILES string of the molecule is Cn1ccc(N2CCN(C(O)N3CCOc4cc(Cl)ccc43)CC2)n1. The highest BCUT2D eigenvalue weighted by atomic mass is 35.5. The summed E-state index contributed by atoms with van der Waals surface area (Å²) in [5.74, 6) is 1.72. The summed E-state index contributed by atoms with van der Waals surface area (Å²) < 4.78 is 7.49. The molecule has 0 radical (unpaired) electrons. The fraction of sp³-hybridized carbons (Fsp3) is 0.471. The van der Waals surface area contributed by atoms with E-state index in [1.807, 2.05) is 41.0 Å². The average molecular weight is 364 g/mol. The Morgan fingerprint density at radius 3 is 2.68 bits per heavy atom. The maximum atomic E-state index is 10.9. The lowest BCUT2D eigenvalue weighted by atomic mass is 10.2. The molecule has 3 heterocycles. The maximum absolute atomic E-state index is 10.9. The standard InChI is InChI=1S/C17H22ClN5O2/c1-20-5-4-16(19-20)21-6-8-22(9-7-21)17(24)23-10-11-25-15-12-13(18)2-3-14(15)23/h2-5,12,17,24H,6-11H2,1H3. The average Bonchev–Trinajstić information content (AvgIpc) is 3.07. The normalized spacial score (nSPS) is 19.5. The number of benzene rings is 1. The molecule has 1 aromatic carbocycles. The number of ether oxygens (including phenoxy) is 1. The summed E-state index contributed by atoms with van der Waals surface area (Å²) in [7, 11) is 1.92. The van der Waals surface area contributed by atoms with Crippen molar-refractivity contribution in [3.8, 4) is 5.75 Å². The lowest BCUT2D eigenvalue weighted by Crippen LogP contribution is -2.57. The smallest absolute Gasteiger partial charge is 0.186 e. The molecule has 4 rings (SSSR count). The Kier molecular flexibility index (Phi) is 4.45. The van der Waals surface area contributed by atoms with Crippen molar-refractivity contribution in [2.24, 2.45) is 7.05 Å². The van der Waals surface area contributed by atoms with Crippen LogP contribution in [-0.4, -0.2) is 65.5 Å². The molecule has 1 N–H and O–H groups in total. The van der Waals surface area contributed by atoms with Crippen molar-refractivity contribution < 1.29 is 9.84 Å². The van der Waals surface area contributed by atoms with Crippen molar-refractivity contribution in [2.45, 2.75) is 6.35 Å². The van der Waals surface area contributed by atoms with Crippen LogP contribution in [0.3, 0.4) is 0 Å². The second kappa shape index (κ2) is 6.74. The molecule has 1 fully saturated rings. The highest BCUT2D eigenvalue weighted by Gasteiger charge is 2.30. The fourth-order valence-corrected chi connectivity index (χ4v) is 3.57. The van der Waals surface area contributed by atoms with Gasteiger partial charge < -0.3 is 19.6 Å². The molecular formula is C17H22ClN5O2. The number of aromatic nitrogens is 2. The van der Waals surface area contributed by atoms with Gasteiger partial charge in [-0.05, 0) is 12.1 Å². The third-order valence-corrected chi connectivity index (χ3v) is 5.00. The van der Waals surface area contributed by atoms with E-state index in [1.54, 1.807) is 6.07 Å². The Labute approximate surface area is 151 Å². The van der Waals surface area contributed by atoms with Gasteiger partial charge in [-0.2, -0.15) is 5.10 Å². The Balaban J connectivity index is 1.44. The van der Waals surface area contributed by atoms with Gasteiger partial charge in [0, 0.05) is 56.6 Å². The number of hydrogen-bond donors (Lipinski definition) is 1. The Morgan fingerprint density at radius 1 is 1.16 bits per heavy atom. The highest BCUT2D eigenvalue weighted by Crippen LogP contribution is 2.35. The molecular weight excluding hydrogens is 342 g/mol. The lowest BCUT2D eigenvalue weighted by molar-refractivity contribution is -0.00558. The molecule has 2 aliphatic rings. The van der Waals surface area contributed by atoms with Crippen LogP contribution in [0.25, 0.3) is 0 Å². The van der Waals surface area contributed by atoms with Gasteiger partial charge >= 0.3 is 0 Å². The molecule has 0 spiro atoms. The van der Waals surface area contributed by atoms with E-state index in [2.05, 4.69) is 14.9 Å². The maximum Gasteiger partial charge on any atom is 0.186 e. The number of halogens is 1. The third-order valence-electron chi connectivity index (χ3n) is 4.76. The van der Waals surface area contributed by atoms with E-state index in [-0.39, 0.29) is 0 Å². The molecule has 8 heteroatoms. The van der Waals surface area contributed by atoms with Crippen molar-refractivity contribution in [3.63, 3.8) is 0 Å². The van der Waals surface area contributed by atoms with E-state index in [9.17, 15) is 5.11 Å². The van der Waals surface area contributed by atoms with Crippen LogP contribution in [0.5, 0.6) is 5.75 Å². The number of aliphatic hydroxyl groups is 1. The zero-order chi connectivity index (χ0) is 17.4. The summed E-state index contributed by atoms with van der Waals surface area (Å²) in [4.78, 5) is 6.31. The number of hydrogen-bond acceptors (Lipinski definition) is 6. The molecule has 0 amide bonds. The number of aryl methyl sites for hydroxylation is 1. The first-order valence-electron chi connectivity index (χ1n) is 8.47. The van der Waals surface area contributed by atoms with Gasteiger partial charge in [-0.1, -0.05) is 11.6 Å². The molecule has 2 aromatic rings. The lowest BCUT2D eigenvalue weighted by Gasteiger charge is -2.43. The Morgan fingerprint density at radius 2 is 1.96 bits per heavy atom. The molecule has 0 aliphatic carbocycles. The summed E-state index contributed by atoms with van der Waals surface area (Å²) in [5.41, 5.74) is 0.885. The van der Waals surface area contributed by atoms with Crippen molar-refractivity contribution in [3.05, 3.63) is 35.5 Å². The molecule has 1 unspecified atom stereocenters. The first-order valence-corrected chi connectivity index (χ1v) is 8.85. The number of aliphatic hydroxyl groups excluding tert-OH is 1. The summed E-state index contributed by atoms with van der Waals surface area (Å²) in [6.07, 6.45) is 1.28. The van der Waals surface area contributed by atoms with E-state index in [1.165, 1.54) is 0 Å². The van der Waals surface area contributed by atoms with Crippen LogP contribution < -0.4 is 14.5 Å². The number of nitrogens with zero attached hydrogens (tertiary/aromatic N) is 5. The second-order valence-corrected chi connectivity index (χ2v) is 6.81. The van der Waals surface area contributed by atoms with Gasteiger partial charge in [-0.15, -0.1) is 0 Å². The molecule has 1 atom stereocenters. The third kappa shape index (κ3) is 3.27. The Hall–Kier alpha value is -1.96. The van der Waals surface area contributed by atoms with Gasteiger partial charge in [0.1, 0.15) is 12.4 Å². The van der Waals surface area contributed by atoms with E-state index >= 15 is 0 Å². The molecule has 7 nitrogen and oxygen atoms in total. The van der Waals surface area contributed by atoms with Crippen molar-refractivity contribution >= 4 is 23.1 Å². The van der Waals surface area contributed by atoms with Crippen LogP contribution in [0.15, 0.2) is 30.5 Å². The van der Waals surface area contributed by atoms with Crippen molar-refractivity contribution in [1.29, 1.82) is 0 Å². The van der Waals surface area contributed by atoms with Gasteiger partial charge in [-0.25, -0.2) is 0 Å². The number of rotatable bonds is 3. The first kappa shape index (κ1) is 16.5. The summed E-state index contributed by atoms with van der Waals surface area (Å²) in [6.45, 7) is 4.42. The van der Waals surface area contributed by atoms with Gasteiger partial charge in [0.15, 0.2) is 12.2 Å². The summed E-state index contributed by atoms with van der Waals surface area (Å²) in [6, 6.07) is 7.56.